The van der Waals surface area contributed by atoms with Crippen molar-refractivity contribution in [2.45, 2.75) is 6.92 Å². The second-order valence-corrected chi connectivity index (χ2v) is 2.58. The van der Waals surface area contributed by atoms with E-state index in [1.54, 1.807) is 6.92 Å². The zero-order valence-corrected chi connectivity index (χ0v) is 8.04. The summed E-state index contributed by atoms with van der Waals surface area (Å²) in [6.07, 6.45) is 0.561. The van der Waals surface area contributed by atoms with E-state index < -0.39 is 5.82 Å². The van der Waals surface area contributed by atoms with Gasteiger partial charge in [0.25, 0.3) is 0 Å². The summed E-state index contributed by atoms with van der Waals surface area (Å²) in [6, 6.07) is 2.55. The van der Waals surface area contributed by atoms with E-state index in [9.17, 15) is 9.18 Å². The Morgan fingerprint density at radius 3 is 2.71 bits per heavy atom. The summed E-state index contributed by atoms with van der Waals surface area (Å²) in [5.74, 6) is -0.324. The highest BCUT2D eigenvalue weighted by atomic mass is 19.1. The van der Waals surface area contributed by atoms with Crippen LogP contribution >= 0.6 is 0 Å². The summed E-state index contributed by atoms with van der Waals surface area (Å²) in [7, 11) is 1.35. The van der Waals surface area contributed by atoms with Crippen LogP contribution in [0.4, 0.5) is 4.39 Å². The number of hydrogen-bond donors (Lipinski definition) is 0. The van der Waals surface area contributed by atoms with E-state index in [2.05, 4.69) is 0 Å². The molecule has 0 unspecified atom stereocenters. The number of carbonyl (C=O) groups is 1. The molecule has 0 amide bonds. The van der Waals surface area contributed by atoms with Crippen molar-refractivity contribution in [1.82, 2.24) is 0 Å². The zero-order valence-electron chi connectivity index (χ0n) is 8.04. The number of ether oxygens (including phenoxy) is 2. The first-order valence-corrected chi connectivity index (χ1v) is 4.18. The van der Waals surface area contributed by atoms with Crippen LogP contribution in [0.5, 0.6) is 11.5 Å². The minimum absolute atomic E-state index is 0.0254. The fourth-order valence-electron chi connectivity index (χ4n) is 1.12. The second-order valence-electron chi connectivity index (χ2n) is 2.58. The summed E-state index contributed by atoms with van der Waals surface area (Å²) >= 11 is 0. The molecule has 3 nitrogen and oxygen atoms in total. The summed E-state index contributed by atoms with van der Waals surface area (Å²) in [5.41, 5.74) is 0.228. The van der Waals surface area contributed by atoms with Gasteiger partial charge >= 0.3 is 0 Å². The summed E-state index contributed by atoms with van der Waals surface area (Å²) < 4.78 is 23.2. The van der Waals surface area contributed by atoms with E-state index in [1.807, 2.05) is 0 Å². The highest BCUT2D eigenvalue weighted by molar-refractivity contribution is 5.76. The molecule has 0 radical (unpaired) electrons. The molecule has 0 N–H and O–H groups in total. The van der Waals surface area contributed by atoms with Crippen LogP contribution in [0, 0.1) is 5.82 Å². The van der Waals surface area contributed by atoms with Crippen LogP contribution in [0.2, 0.25) is 0 Å². The van der Waals surface area contributed by atoms with Gasteiger partial charge in [-0.2, -0.15) is 0 Å². The first kappa shape index (κ1) is 10.5. The highest BCUT2D eigenvalue weighted by Gasteiger charge is 2.12. The van der Waals surface area contributed by atoms with E-state index in [1.165, 1.54) is 13.2 Å². The van der Waals surface area contributed by atoms with Gasteiger partial charge in [-0.25, -0.2) is 4.39 Å². The van der Waals surface area contributed by atoms with Crippen molar-refractivity contribution in [3.05, 3.63) is 23.5 Å². The van der Waals surface area contributed by atoms with Gasteiger partial charge in [0.2, 0.25) is 0 Å². The summed E-state index contributed by atoms with van der Waals surface area (Å²) in [6.45, 7) is 2.16. The maximum atomic E-state index is 13.3. The molecule has 0 fully saturated rings. The number of halogens is 1. The second kappa shape index (κ2) is 4.60. The molecule has 0 aliphatic carbocycles. The number of methoxy groups -OCH3 is 1. The van der Waals surface area contributed by atoms with Crippen molar-refractivity contribution >= 4 is 6.29 Å². The van der Waals surface area contributed by atoms with Crippen LogP contribution in [0.3, 0.4) is 0 Å². The van der Waals surface area contributed by atoms with Crippen molar-refractivity contribution in [3.8, 4) is 11.5 Å². The molecule has 0 aliphatic heterocycles. The average Bonchev–Trinajstić information content (AvgIpc) is 2.18. The Labute approximate surface area is 81.4 Å². The first-order valence-electron chi connectivity index (χ1n) is 4.18. The van der Waals surface area contributed by atoms with Gasteiger partial charge in [0.05, 0.1) is 13.7 Å². The molecule has 0 bridgehead atoms. The van der Waals surface area contributed by atoms with Gasteiger partial charge in [-0.1, -0.05) is 0 Å². The lowest BCUT2D eigenvalue weighted by Crippen LogP contribution is -1.99. The standard InChI is InChI=1S/C10H11FO3/c1-3-14-9-5-7(6-12)4-8(11)10(9)13-2/h4-6H,3H2,1-2H3. The van der Waals surface area contributed by atoms with Crippen molar-refractivity contribution < 1.29 is 18.7 Å². The number of hydrogen-bond acceptors (Lipinski definition) is 3. The molecule has 0 saturated carbocycles. The molecule has 14 heavy (non-hydrogen) atoms. The van der Waals surface area contributed by atoms with Crippen LogP contribution in [0.25, 0.3) is 0 Å². The van der Waals surface area contributed by atoms with E-state index in [0.29, 0.717) is 12.9 Å². The Balaban J connectivity index is 3.20. The van der Waals surface area contributed by atoms with Gasteiger partial charge in [-0.3, -0.25) is 4.79 Å². The minimum atomic E-state index is -0.597. The number of rotatable bonds is 4. The van der Waals surface area contributed by atoms with Crippen molar-refractivity contribution in [3.63, 3.8) is 0 Å². The molecule has 1 aromatic carbocycles. The Morgan fingerprint density at radius 2 is 2.21 bits per heavy atom. The molecule has 4 heteroatoms. The maximum absolute atomic E-state index is 13.3. The normalized spacial score (nSPS) is 9.64. The lowest BCUT2D eigenvalue weighted by molar-refractivity contribution is 0.112. The summed E-state index contributed by atoms with van der Waals surface area (Å²) in [5, 5.41) is 0. The van der Waals surface area contributed by atoms with E-state index in [4.69, 9.17) is 9.47 Å². The van der Waals surface area contributed by atoms with Gasteiger partial charge in [0.15, 0.2) is 17.3 Å². The lowest BCUT2D eigenvalue weighted by atomic mass is 10.2. The topological polar surface area (TPSA) is 35.5 Å². The van der Waals surface area contributed by atoms with E-state index in [-0.39, 0.29) is 17.1 Å². The third-order valence-electron chi connectivity index (χ3n) is 1.67. The molecule has 0 atom stereocenters. The van der Waals surface area contributed by atoms with Crippen molar-refractivity contribution in [2.24, 2.45) is 0 Å². The first-order chi connectivity index (χ1) is 6.72. The van der Waals surface area contributed by atoms with Gasteiger partial charge in [-0.05, 0) is 19.1 Å². The van der Waals surface area contributed by atoms with Crippen LogP contribution in [-0.2, 0) is 0 Å². The Morgan fingerprint density at radius 1 is 1.50 bits per heavy atom. The van der Waals surface area contributed by atoms with E-state index in [0.717, 1.165) is 6.07 Å². The molecule has 1 rings (SSSR count). The summed E-state index contributed by atoms with van der Waals surface area (Å²) in [4.78, 5) is 10.5. The smallest absolute Gasteiger partial charge is 0.196 e. The fraction of sp³-hybridized carbons (Fsp3) is 0.300. The molecule has 1 aromatic rings. The molecule has 0 spiro atoms. The molecule has 0 aliphatic rings. The number of benzene rings is 1. The lowest BCUT2D eigenvalue weighted by Gasteiger charge is -2.10. The Hall–Kier alpha value is -1.58. The quantitative estimate of drug-likeness (QED) is 0.694. The molecular formula is C10H11FO3. The largest absolute Gasteiger partial charge is 0.490 e. The Bertz CT molecular complexity index is 336. The molecule has 0 heterocycles. The third kappa shape index (κ3) is 2.02. The van der Waals surface area contributed by atoms with Gasteiger partial charge in [-0.15, -0.1) is 0 Å². The van der Waals surface area contributed by atoms with Gasteiger partial charge < -0.3 is 9.47 Å². The van der Waals surface area contributed by atoms with E-state index >= 15 is 0 Å². The third-order valence-corrected chi connectivity index (χ3v) is 1.67. The van der Waals surface area contributed by atoms with Crippen molar-refractivity contribution in [2.75, 3.05) is 13.7 Å². The monoisotopic (exact) mass is 198 g/mol. The predicted octanol–water partition coefficient (Wildman–Crippen LogP) is 2.05. The van der Waals surface area contributed by atoms with Crippen LogP contribution < -0.4 is 9.47 Å². The average molecular weight is 198 g/mol. The van der Waals surface area contributed by atoms with Crippen LogP contribution in [0.1, 0.15) is 17.3 Å². The molecular weight excluding hydrogens is 187 g/mol. The SMILES string of the molecule is CCOc1cc(C=O)cc(F)c1OC. The number of aldehydes is 1. The molecule has 0 aromatic heterocycles. The Kier molecular flexibility index (Phi) is 3.45. The van der Waals surface area contributed by atoms with Crippen molar-refractivity contribution in [1.29, 1.82) is 0 Å². The number of carbonyl (C=O) groups excluding carboxylic acids is 1. The maximum Gasteiger partial charge on any atom is 0.196 e. The van der Waals surface area contributed by atoms with Crippen LogP contribution in [0.15, 0.2) is 12.1 Å². The zero-order chi connectivity index (χ0) is 10.6. The fourth-order valence-corrected chi connectivity index (χ4v) is 1.12. The minimum Gasteiger partial charge on any atom is -0.490 e. The molecule has 0 saturated heterocycles. The van der Waals surface area contributed by atoms with Gasteiger partial charge in [0, 0.05) is 5.56 Å². The highest BCUT2D eigenvalue weighted by Crippen LogP contribution is 2.31. The predicted molar refractivity (Wildman–Crippen MR) is 49.5 cm³/mol. The molecule has 76 valence electrons. The van der Waals surface area contributed by atoms with Crippen LogP contribution in [-0.4, -0.2) is 20.0 Å². The van der Waals surface area contributed by atoms with Gasteiger partial charge in [0.1, 0.15) is 6.29 Å².